The Kier molecular flexibility index (Phi) is 6.85. The van der Waals surface area contributed by atoms with E-state index in [0.29, 0.717) is 21.8 Å². The van der Waals surface area contributed by atoms with Crippen molar-refractivity contribution >= 4 is 29.4 Å². The molecular weight excluding hydrogens is 434 g/mol. The van der Waals surface area contributed by atoms with Gasteiger partial charge >= 0.3 is 5.97 Å². The monoisotopic (exact) mass is 459 g/mol. The van der Waals surface area contributed by atoms with Gasteiger partial charge in [0, 0.05) is 30.3 Å². The fourth-order valence-corrected chi connectivity index (χ4v) is 3.78. The number of halogens is 1. The van der Waals surface area contributed by atoms with E-state index in [2.05, 4.69) is 4.98 Å². The van der Waals surface area contributed by atoms with Gasteiger partial charge in [-0.15, -0.1) is 0 Å². The minimum Gasteiger partial charge on any atom is -0.460 e. The molecule has 32 heavy (non-hydrogen) atoms. The normalized spacial score (nSPS) is 14.3. The van der Waals surface area contributed by atoms with Crippen LogP contribution in [0.5, 0.6) is 0 Å². The van der Waals surface area contributed by atoms with Gasteiger partial charge in [0.1, 0.15) is 11.6 Å². The molecule has 3 rings (SSSR count). The molecule has 1 aliphatic rings. The summed E-state index contributed by atoms with van der Waals surface area (Å²) in [6, 6.07) is 5.99. The van der Waals surface area contributed by atoms with Gasteiger partial charge in [-0.3, -0.25) is 19.4 Å². The molecular formula is C23H26ClN3O5. The fraction of sp³-hybridized carbons (Fsp3) is 0.391. The number of hydrogen-bond donors (Lipinski definition) is 2. The SMILES string of the molecule is CC(C)(C)OC(=O)CC[C@@H](C(N)=O)N1Cc2cc(-c3cc(CO)c(Cl)cn3)ccc2C1=O. The number of carbonyl (C=O) groups excluding carboxylic acids is 3. The van der Waals surface area contributed by atoms with Crippen LogP contribution in [0, 0.1) is 0 Å². The molecule has 0 saturated heterocycles. The number of primary amides is 1. The minimum absolute atomic E-state index is 0.0329. The van der Waals surface area contributed by atoms with Gasteiger partial charge in [-0.1, -0.05) is 17.7 Å². The second-order valence-corrected chi connectivity index (χ2v) is 9.07. The van der Waals surface area contributed by atoms with E-state index < -0.39 is 23.5 Å². The average Bonchev–Trinajstić information content (AvgIpc) is 3.02. The quantitative estimate of drug-likeness (QED) is 0.614. The molecule has 0 saturated carbocycles. The Labute approximate surface area is 191 Å². The summed E-state index contributed by atoms with van der Waals surface area (Å²) in [4.78, 5) is 42.8. The zero-order valence-corrected chi connectivity index (χ0v) is 19.0. The number of nitrogens with two attached hydrogens (primary N) is 1. The predicted molar refractivity (Wildman–Crippen MR) is 119 cm³/mol. The highest BCUT2D eigenvalue weighted by molar-refractivity contribution is 6.31. The molecule has 0 radical (unpaired) electrons. The van der Waals surface area contributed by atoms with Crippen LogP contribution in [0.15, 0.2) is 30.5 Å². The molecule has 0 fully saturated rings. The van der Waals surface area contributed by atoms with Crippen molar-refractivity contribution in [3.63, 3.8) is 0 Å². The lowest BCUT2D eigenvalue weighted by Gasteiger charge is -2.25. The lowest BCUT2D eigenvalue weighted by Crippen LogP contribution is -2.45. The van der Waals surface area contributed by atoms with Crippen molar-refractivity contribution in [1.29, 1.82) is 0 Å². The number of nitrogens with zero attached hydrogens (tertiary/aromatic N) is 2. The molecule has 0 aliphatic carbocycles. The van der Waals surface area contributed by atoms with Crippen molar-refractivity contribution in [2.45, 2.75) is 58.4 Å². The first-order chi connectivity index (χ1) is 15.0. The summed E-state index contributed by atoms with van der Waals surface area (Å²) >= 11 is 6.02. The summed E-state index contributed by atoms with van der Waals surface area (Å²) in [6.07, 6.45) is 1.51. The molecule has 0 bridgehead atoms. The summed E-state index contributed by atoms with van der Waals surface area (Å²) < 4.78 is 5.28. The molecule has 1 atom stereocenters. The van der Waals surface area contributed by atoms with E-state index in [9.17, 15) is 19.5 Å². The molecule has 9 heteroatoms. The summed E-state index contributed by atoms with van der Waals surface area (Å²) in [7, 11) is 0. The molecule has 2 amide bonds. The second kappa shape index (κ2) is 9.26. The number of carbonyl (C=O) groups is 3. The van der Waals surface area contributed by atoms with E-state index in [1.807, 2.05) is 6.07 Å². The van der Waals surface area contributed by atoms with Crippen LogP contribution in [0.2, 0.25) is 5.02 Å². The lowest BCUT2D eigenvalue weighted by atomic mass is 10.0. The van der Waals surface area contributed by atoms with Gasteiger partial charge in [0.05, 0.1) is 17.3 Å². The van der Waals surface area contributed by atoms with Crippen molar-refractivity contribution in [3.8, 4) is 11.3 Å². The number of pyridine rings is 1. The first kappa shape index (κ1) is 23.7. The number of aliphatic hydroxyl groups excluding tert-OH is 1. The van der Waals surface area contributed by atoms with Gasteiger partial charge < -0.3 is 20.5 Å². The standard InChI is InChI=1S/C23H26ClN3O5/c1-23(2,3)32-20(29)7-6-19(21(25)30)27-11-14-8-13(4-5-16(14)22(27)31)18-9-15(12-28)17(24)10-26-18/h4-5,8-10,19,28H,6-7,11-12H2,1-3H3,(H2,25,30)/t19-/m0/s1. The van der Waals surface area contributed by atoms with Gasteiger partial charge in [-0.25, -0.2) is 0 Å². The largest absolute Gasteiger partial charge is 0.460 e. The number of aromatic nitrogens is 1. The highest BCUT2D eigenvalue weighted by Gasteiger charge is 2.36. The highest BCUT2D eigenvalue weighted by atomic mass is 35.5. The molecule has 2 aromatic rings. The molecule has 1 aliphatic heterocycles. The summed E-state index contributed by atoms with van der Waals surface area (Å²) in [5.41, 5.74) is 8.00. The number of aliphatic hydroxyl groups is 1. The Morgan fingerprint density at radius 2 is 2.03 bits per heavy atom. The van der Waals surface area contributed by atoms with E-state index in [1.54, 1.807) is 39.0 Å². The van der Waals surface area contributed by atoms with Crippen LogP contribution in [0.25, 0.3) is 11.3 Å². The lowest BCUT2D eigenvalue weighted by molar-refractivity contribution is -0.155. The van der Waals surface area contributed by atoms with Crippen LogP contribution in [0.3, 0.4) is 0 Å². The number of rotatable bonds is 7. The van der Waals surface area contributed by atoms with Crippen LogP contribution in [0.1, 0.15) is 55.1 Å². The van der Waals surface area contributed by atoms with E-state index >= 15 is 0 Å². The Morgan fingerprint density at radius 1 is 1.31 bits per heavy atom. The Morgan fingerprint density at radius 3 is 2.66 bits per heavy atom. The molecule has 2 heterocycles. The van der Waals surface area contributed by atoms with Crippen LogP contribution in [-0.2, 0) is 27.5 Å². The van der Waals surface area contributed by atoms with Crippen molar-refractivity contribution in [1.82, 2.24) is 9.88 Å². The van der Waals surface area contributed by atoms with E-state index in [1.165, 1.54) is 11.1 Å². The Hall–Kier alpha value is -2.97. The number of ether oxygens (including phenoxy) is 1. The van der Waals surface area contributed by atoms with Crippen molar-refractivity contribution in [2.75, 3.05) is 0 Å². The molecule has 170 valence electrons. The third-order valence-corrected chi connectivity index (χ3v) is 5.42. The van der Waals surface area contributed by atoms with Crippen LogP contribution < -0.4 is 5.73 Å². The minimum atomic E-state index is -0.930. The summed E-state index contributed by atoms with van der Waals surface area (Å²) in [5, 5.41) is 9.81. The summed E-state index contributed by atoms with van der Waals surface area (Å²) in [5.74, 6) is -1.45. The number of esters is 1. The molecule has 1 aromatic carbocycles. The highest BCUT2D eigenvalue weighted by Crippen LogP contribution is 2.31. The van der Waals surface area contributed by atoms with Crippen LogP contribution in [-0.4, -0.2) is 44.4 Å². The predicted octanol–water partition coefficient (Wildman–Crippen LogP) is 2.83. The Bertz CT molecular complexity index is 1060. The molecule has 0 unspecified atom stereocenters. The van der Waals surface area contributed by atoms with Gasteiger partial charge in [0.25, 0.3) is 5.91 Å². The summed E-state index contributed by atoms with van der Waals surface area (Å²) in [6.45, 7) is 5.24. The number of benzene rings is 1. The van der Waals surface area contributed by atoms with Gasteiger partial charge in [0.15, 0.2) is 0 Å². The third kappa shape index (κ3) is 5.26. The Balaban J connectivity index is 1.79. The first-order valence-corrected chi connectivity index (χ1v) is 10.6. The maximum absolute atomic E-state index is 12.9. The molecule has 8 nitrogen and oxygen atoms in total. The number of fused-ring (bicyclic) bond motifs is 1. The van der Waals surface area contributed by atoms with Crippen LogP contribution in [0.4, 0.5) is 0 Å². The number of amides is 2. The van der Waals surface area contributed by atoms with Crippen molar-refractivity contribution < 1.29 is 24.2 Å². The van der Waals surface area contributed by atoms with E-state index in [-0.39, 0.29) is 31.9 Å². The topological polar surface area (TPSA) is 123 Å². The molecule has 0 spiro atoms. The smallest absolute Gasteiger partial charge is 0.306 e. The fourth-order valence-electron chi connectivity index (χ4n) is 3.61. The maximum Gasteiger partial charge on any atom is 0.306 e. The van der Waals surface area contributed by atoms with E-state index in [0.717, 1.165) is 11.1 Å². The van der Waals surface area contributed by atoms with Gasteiger partial charge in [0.2, 0.25) is 5.91 Å². The van der Waals surface area contributed by atoms with Crippen molar-refractivity contribution in [2.24, 2.45) is 5.73 Å². The second-order valence-electron chi connectivity index (χ2n) is 8.67. The zero-order valence-electron chi connectivity index (χ0n) is 18.2. The zero-order chi connectivity index (χ0) is 23.6. The van der Waals surface area contributed by atoms with Gasteiger partial charge in [-0.2, -0.15) is 0 Å². The molecule has 1 aromatic heterocycles. The first-order valence-electron chi connectivity index (χ1n) is 10.2. The molecule has 3 N–H and O–H groups in total. The maximum atomic E-state index is 12.9. The van der Waals surface area contributed by atoms with Crippen molar-refractivity contribution in [3.05, 3.63) is 52.2 Å². The average molecular weight is 460 g/mol. The third-order valence-electron chi connectivity index (χ3n) is 5.08. The van der Waals surface area contributed by atoms with E-state index in [4.69, 9.17) is 22.1 Å². The van der Waals surface area contributed by atoms with Crippen LogP contribution >= 0.6 is 11.6 Å². The van der Waals surface area contributed by atoms with Gasteiger partial charge in [-0.05, 0) is 56.5 Å². The number of hydrogen-bond acceptors (Lipinski definition) is 6.